The van der Waals surface area contributed by atoms with E-state index >= 15 is 0 Å². The van der Waals surface area contributed by atoms with Gasteiger partial charge < -0.3 is 19.6 Å². The molecule has 7 heteroatoms. The lowest BCUT2D eigenvalue weighted by Crippen LogP contribution is -2.10. The number of nitrogens with zero attached hydrogens (tertiary/aromatic N) is 1. The van der Waals surface area contributed by atoms with Crippen LogP contribution in [0.25, 0.3) is 10.9 Å². The minimum atomic E-state index is -0.805. The molecule has 5 rings (SSSR count). The van der Waals surface area contributed by atoms with Crippen molar-refractivity contribution in [2.45, 2.75) is 25.2 Å². The number of benzene rings is 3. The van der Waals surface area contributed by atoms with Gasteiger partial charge in [0.05, 0.1) is 24.2 Å². The summed E-state index contributed by atoms with van der Waals surface area (Å²) in [7, 11) is 0. The zero-order valence-electron chi connectivity index (χ0n) is 18.7. The van der Waals surface area contributed by atoms with Gasteiger partial charge in [-0.2, -0.15) is 0 Å². The predicted molar refractivity (Wildman–Crippen MR) is 135 cm³/mol. The molecule has 0 radical (unpaired) electrons. The number of carbonyl (C=O) groups is 1. The Kier molecular flexibility index (Phi) is 6.27. The van der Waals surface area contributed by atoms with Gasteiger partial charge in [-0.05, 0) is 36.8 Å². The monoisotopic (exact) mass is 472 g/mol. The molecule has 1 atom stereocenters. The highest BCUT2D eigenvalue weighted by Crippen LogP contribution is 2.36. The average molecular weight is 473 g/mol. The van der Waals surface area contributed by atoms with Crippen LogP contribution in [0, 0.1) is 6.92 Å². The summed E-state index contributed by atoms with van der Waals surface area (Å²) in [5.41, 5.74) is 3.94. The van der Waals surface area contributed by atoms with E-state index in [0.717, 1.165) is 33.0 Å². The lowest BCUT2D eigenvalue weighted by Gasteiger charge is -2.11. The van der Waals surface area contributed by atoms with Gasteiger partial charge >= 0.3 is 5.97 Å². The SMILES string of the molecule is Cc1ccc(Oc2cc(OCc3ccccc3)c3[nH]c(C4=NCC(CC(=O)O)S4)cc3c2)cc1. The Hall–Kier alpha value is -3.71. The number of aryl methyl sites for hydroxylation is 1. The van der Waals surface area contributed by atoms with Crippen molar-refractivity contribution in [3.8, 4) is 17.2 Å². The second kappa shape index (κ2) is 9.65. The van der Waals surface area contributed by atoms with E-state index in [-0.39, 0.29) is 11.7 Å². The minimum absolute atomic E-state index is 0.0480. The number of hydrogen-bond donors (Lipinski definition) is 2. The standard InChI is InChI=1S/C27H24N2O4S/c1-17-7-9-20(10-8-17)33-21-11-19-12-23(27-28-15-22(34-27)14-25(30)31)29-26(19)24(13-21)32-16-18-5-3-2-4-6-18/h2-13,22,29H,14-16H2,1H3,(H,30,31). The Morgan fingerprint density at radius 3 is 2.65 bits per heavy atom. The number of aliphatic imine (C=N–C) groups is 1. The number of rotatable bonds is 8. The Balaban J connectivity index is 1.46. The Morgan fingerprint density at radius 2 is 1.88 bits per heavy atom. The molecule has 2 heterocycles. The first-order chi connectivity index (χ1) is 16.5. The number of aromatic amines is 1. The van der Waals surface area contributed by atoms with Crippen LogP contribution >= 0.6 is 11.8 Å². The Bertz CT molecular complexity index is 1350. The number of aromatic nitrogens is 1. The number of ether oxygens (including phenoxy) is 2. The van der Waals surface area contributed by atoms with Crippen LogP contribution in [0.1, 0.15) is 23.2 Å². The van der Waals surface area contributed by atoms with E-state index in [1.807, 2.05) is 79.7 Å². The van der Waals surface area contributed by atoms with Gasteiger partial charge in [-0.15, -0.1) is 0 Å². The molecule has 6 nitrogen and oxygen atoms in total. The fraction of sp³-hybridized carbons (Fsp3) is 0.185. The van der Waals surface area contributed by atoms with Crippen LogP contribution < -0.4 is 9.47 Å². The van der Waals surface area contributed by atoms with Crippen LogP contribution in [0.2, 0.25) is 0 Å². The number of hydrogen-bond acceptors (Lipinski definition) is 5. The predicted octanol–water partition coefficient (Wildman–Crippen LogP) is 6.18. The second-order valence-electron chi connectivity index (χ2n) is 8.24. The second-order valence-corrected chi connectivity index (χ2v) is 9.53. The molecule has 3 aromatic carbocycles. The molecule has 4 aromatic rings. The van der Waals surface area contributed by atoms with Gasteiger partial charge in [-0.25, -0.2) is 0 Å². The lowest BCUT2D eigenvalue weighted by molar-refractivity contribution is -0.136. The number of carboxylic acid groups (broad SMARTS) is 1. The maximum Gasteiger partial charge on any atom is 0.304 e. The van der Waals surface area contributed by atoms with Crippen LogP contribution in [0.15, 0.2) is 77.8 Å². The van der Waals surface area contributed by atoms with Crippen molar-refractivity contribution < 1.29 is 19.4 Å². The highest BCUT2D eigenvalue weighted by molar-refractivity contribution is 8.15. The van der Waals surface area contributed by atoms with Crippen molar-refractivity contribution in [1.29, 1.82) is 0 Å². The number of thioether (sulfide) groups is 1. The number of fused-ring (bicyclic) bond motifs is 1. The molecule has 0 saturated heterocycles. The average Bonchev–Trinajstić information content (AvgIpc) is 3.46. The molecule has 0 bridgehead atoms. The molecule has 172 valence electrons. The number of H-pyrrole nitrogens is 1. The quantitative estimate of drug-likeness (QED) is 0.320. The van der Waals surface area contributed by atoms with Gasteiger partial charge in [0.2, 0.25) is 0 Å². The lowest BCUT2D eigenvalue weighted by atomic mass is 10.2. The van der Waals surface area contributed by atoms with Crippen LogP contribution in [0.5, 0.6) is 17.2 Å². The summed E-state index contributed by atoms with van der Waals surface area (Å²) in [5.74, 6) is 1.30. The third kappa shape index (κ3) is 5.10. The van der Waals surface area contributed by atoms with Gasteiger partial charge in [-0.3, -0.25) is 9.79 Å². The van der Waals surface area contributed by atoms with Gasteiger partial charge in [0.15, 0.2) is 0 Å². The highest BCUT2D eigenvalue weighted by atomic mass is 32.2. The van der Waals surface area contributed by atoms with Gasteiger partial charge in [0.1, 0.15) is 28.9 Å². The van der Waals surface area contributed by atoms with Gasteiger partial charge in [-0.1, -0.05) is 59.8 Å². The third-order valence-corrected chi connectivity index (χ3v) is 6.73. The molecule has 0 fully saturated rings. The molecule has 2 N–H and O–H groups in total. The maximum atomic E-state index is 11.1. The molecule has 0 amide bonds. The summed E-state index contributed by atoms with van der Waals surface area (Å²) in [6.45, 7) is 2.97. The van der Waals surface area contributed by atoms with E-state index in [1.54, 1.807) is 0 Å². The molecule has 0 saturated carbocycles. The van der Waals surface area contributed by atoms with Crippen molar-refractivity contribution in [2.24, 2.45) is 4.99 Å². The van der Waals surface area contributed by atoms with E-state index in [9.17, 15) is 4.79 Å². The highest BCUT2D eigenvalue weighted by Gasteiger charge is 2.24. The zero-order valence-corrected chi connectivity index (χ0v) is 19.5. The van der Waals surface area contributed by atoms with Crippen molar-refractivity contribution in [1.82, 2.24) is 4.98 Å². The number of aliphatic carboxylic acids is 1. The van der Waals surface area contributed by atoms with E-state index < -0.39 is 5.97 Å². The Labute approximate surface area is 201 Å². The van der Waals surface area contributed by atoms with E-state index in [0.29, 0.717) is 24.7 Å². The van der Waals surface area contributed by atoms with Crippen LogP contribution in [-0.4, -0.2) is 32.9 Å². The summed E-state index contributed by atoms with van der Waals surface area (Å²) in [5, 5.41) is 10.8. The van der Waals surface area contributed by atoms with Crippen LogP contribution in [0.3, 0.4) is 0 Å². The van der Waals surface area contributed by atoms with Crippen molar-refractivity contribution in [2.75, 3.05) is 6.54 Å². The first-order valence-corrected chi connectivity index (χ1v) is 11.9. The Morgan fingerprint density at radius 1 is 1.09 bits per heavy atom. The summed E-state index contributed by atoms with van der Waals surface area (Å²) in [6, 6.07) is 23.8. The molecular weight excluding hydrogens is 448 g/mol. The first kappa shape index (κ1) is 22.1. The maximum absolute atomic E-state index is 11.1. The molecule has 1 unspecified atom stereocenters. The smallest absolute Gasteiger partial charge is 0.304 e. The van der Waals surface area contributed by atoms with Gasteiger partial charge in [0, 0.05) is 16.7 Å². The first-order valence-electron chi connectivity index (χ1n) is 11.0. The van der Waals surface area contributed by atoms with E-state index in [1.165, 1.54) is 17.3 Å². The summed E-state index contributed by atoms with van der Waals surface area (Å²) in [6.07, 6.45) is 0.0951. The molecule has 0 aliphatic carbocycles. The topological polar surface area (TPSA) is 83.9 Å². The molecule has 1 aliphatic rings. The summed E-state index contributed by atoms with van der Waals surface area (Å²) >= 11 is 1.50. The van der Waals surface area contributed by atoms with Crippen LogP contribution in [-0.2, 0) is 11.4 Å². The van der Waals surface area contributed by atoms with E-state index in [4.69, 9.17) is 14.6 Å². The number of carboxylic acids is 1. The zero-order chi connectivity index (χ0) is 23.5. The normalized spacial score (nSPS) is 15.3. The fourth-order valence-electron chi connectivity index (χ4n) is 3.82. The number of nitrogens with one attached hydrogen (secondary N) is 1. The van der Waals surface area contributed by atoms with Crippen molar-refractivity contribution in [3.63, 3.8) is 0 Å². The van der Waals surface area contributed by atoms with E-state index in [2.05, 4.69) is 9.98 Å². The molecule has 1 aliphatic heterocycles. The summed E-state index contributed by atoms with van der Waals surface area (Å²) in [4.78, 5) is 19.1. The molecule has 34 heavy (non-hydrogen) atoms. The van der Waals surface area contributed by atoms with Crippen molar-refractivity contribution in [3.05, 3.63) is 89.6 Å². The van der Waals surface area contributed by atoms with Crippen molar-refractivity contribution >= 4 is 33.7 Å². The molecule has 1 aromatic heterocycles. The minimum Gasteiger partial charge on any atom is -0.487 e. The largest absolute Gasteiger partial charge is 0.487 e. The molecular formula is C27H24N2O4S. The fourth-order valence-corrected chi connectivity index (χ4v) is 4.89. The van der Waals surface area contributed by atoms with Crippen LogP contribution in [0.4, 0.5) is 0 Å². The summed E-state index contributed by atoms with van der Waals surface area (Å²) < 4.78 is 12.4. The van der Waals surface area contributed by atoms with Gasteiger partial charge in [0.25, 0.3) is 0 Å². The molecule has 0 spiro atoms. The third-order valence-electron chi connectivity index (χ3n) is 5.51.